The van der Waals surface area contributed by atoms with Crippen molar-refractivity contribution >= 4 is 17.1 Å². The number of carbonyl (C=O) groups excluding carboxylic acids is 1. The van der Waals surface area contributed by atoms with E-state index in [1.54, 1.807) is 23.5 Å². The molecule has 1 aromatic carbocycles. The Morgan fingerprint density at radius 3 is 2.84 bits per heavy atom. The maximum atomic E-state index is 13.1. The van der Waals surface area contributed by atoms with Crippen LogP contribution in [0.1, 0.15) is 38.5 Å². The van der Waals surface area contributed by atoms with E-state index in [4.69, 9.17) is 0 Å². The molecule has 1 heterocycles. The molecule has 0 unspecified atom stereocenters. The zero-order valence-corrected chi connectivity index (χ0v) is 11.4. The van der Waals surface area contributed by atoms with Gasteiger partial charge in [-0.2, -0.15) is 0 Å². The number of thiophene rings is 1. The number of rotatable bonds is 3. The quantitative estimate of drug-likeness (QED) is 0.767. The van der Waals surface area contributed by atoms with E-state index < -0.39 is 0 Å². The van der Waals surface area contributed by atoms with Crippen molar-refractivity contribution in [1.82, 2.24) is 0 Å². The van der Waals surface area contributed by atoms with E-state index in [2.05, 4.69) is 0 Å². The van der Waals surface area contributed by atoms with Crippen LogP contribution in [0.3, 0.4) is 0 Å². The van der Waals surface area contributed by atoms with Gasteiger partial charge < -0.3 is 0 Å². The predicted molar refractivity (Wildman–Crippen MR) is 75.4 cm³/mol. The van der Waals surface area contributed by atoms with Crippen LogP contribution in [0.25, 0.3) is 0 Å². The molecule has 1 aliphatic rings. The molecule has 0 spiro atoms. The van der Waals surface area contributed by atoms with Crippen LogP contribution in [0.2, 0.25) is 0 Å². The molecule has 0 aliphatic heterocycles. The summed E-state index contributed by atoms with van der Waals surface area (Å²) in [5.41, 5.74) is 2.09. The van der Waals surface area contributed by atoms with Crippen molar-refractivity contribution in [3.05, 3.63) is 57.0 Å². The van der Waals surface area contributed by atoms with Gasteiger partial charge in [-0.15, -0.1) is 11.3 Å². The molecule has 2 aromatic rings. The Kier molecular flexibility index (Phi) is 3.47. The van der Waals surface area contributed by atoms with Gasteiger partial charge in [0.05, 0.1) is 4.88 Å². The number of carbonyl (C=O) groups is 1. The zero-order chi connectivity index (χ0) is 13.2. The molecule has 3 heteroatoms. The van der Waals surface area contributed by atoms with Gasteiger partial charge in [0.25, 0.3) is 0 Å². The SMILES string of the molecule is O=C(Cc1cccc(F)c1)c1cc2c(s1)CCCC2. The summed E-state index contributed by atoms with van der Waals surface area (Å²) >= 11 is 1.62. The lowest BCUT2D eigenvalue weighted by atomic mass is 9.98. The molecule has 0 bridgehead atoms. The molecule has 3 rings (SSSR count). The van der Waals surface area contributed by atoms with E-state index in [1.165, 1.54) is 35.4 Å². The third-order valence-corrected chi connectivity index (χ3v) is 4.80. The molecule has 0 saturated carbocycles. The van der Waals surface area contributed by atoms with Crippen molar-refractivity contribution < 1.29 is 9.18 Å². The molecular weight excluding hydrogens is 259 g/mol. The molecule has 0 saturated heterocycles. The summed E-state index contributed by atoms with van der Waals surface area (Å²) in [5, 5.41) is 0. The summed E-state index contributed by atoms with van der Waals surface area (Å²) in [6.45, 7) is 0. The smallest absolute Gasteiger partial charge is 0.177 e. The van der Waals surface area contributed by atoms with Crippen LogP contribution in [0.5, 0.6) is 0 Å². The summed E-state index contributed by atoms with van der Waals surface area (Å²) < 4.78 is 13.1. The molecule has 0 radical (unpaired) electrons. The number of benzene rings is 1. The second kappa shape index (κ2) is 5.25. The average molecular weight is 274 g/mol. The van der Waals surface area contributed by atoms with Gasteiger partial charge >= 0.3 is 0 Å². The molecule has 0 N–H and O–H groups in total. The molecule has 1 aromatic heterocycles. The second-order valence-corrected chi connectivity index (χ2v) is 6.13. The molecule has 1 nitrogen and oxygen atoms in total. The topological polar surface area (TPSA) is 17.1 Å². The largest absolute Gasteiger partial charge is 0.293 e. The molecule has 0 amide bonds. The number of Topliss-reactive ketones (excluding diaryl/α,β-unsaturated/α-hetero) is 1. The monoisotopic (exact) mass is 274 g/mol. The fourth-order valence-corrected chi connectivity index (χ4v) is 3.74. The normalized spacial score (nSPS) is 14.2. The van der Waals surface area contributed by atoms with Gasteiger partial charge in [0.2, 0.25) is 0 Å². The van der Waals surface area contributed by atoms with Crippen LogP contribution in [0.15, 0.2) is 30.3 Å². The van der Waals surface area contributed by atoms with Gasteiger partial charge in [0, 0.05) is 11.3 Å². The Balaban J connectivity index is 1.78. The Hall–Kier alpha value is -1.48. The van der Waals surface area contributed by atoms with Crippen LogP contribution in [-0.2, 0) is 19.3 Å². The number of ketones is 1. The fourth-order valence-electron chi connectivity index (χ4n) is 2.55. The van der Waals surface area contributed by atoms with Crippen LogP contribution in [0, 0.1) is 5.82 Å². The van der Waals surface area contributed by atoms with Crippen molar-refractivity contribution in [3.63, 3.8) is 0 Å². The number of halogens is 1. The van der Waals surface area contributed by atoms with Crippen molar-refractivity contribution in [2.24, 2.45) is 0 Å². The Morgan fingerprint density at radius 1 is 1.21 bits per heavy atom. The lowest BCUT2D eigenvalue weighted by Gasteiger charge is -2.08. The Labute approximate surface area is 116 Å². The first-order chi connectivity index (χ1) is 9.22. The van der Waals surface area contributed by atoms with E-state index in [9.17, 15) is 9.18 Å². The van der Waals surface area contributed by atoms with Crippen molar-refractivity contribution in [1.29, 1.82) is 0 Å². The van der Waals surface area contributed by atoms with E-state index in [1.807, 2.05) is 6.07 Å². The van der Waals surface area contributed by atoms with Gasteiger partial charge in [0.1, 0.15) is 5.82 Å². The van der Waals surface area contributed by atoms with E-state index in [-0.39, 0.29) is 18.0 Å². The van der Waals surface area contributed by atoms with Crippen molar-refractivity contribution in [2.75, 3.05) is 0 Å². The standard InChI is InChI=1S/C16H15FOS/c17-13-6-3-4-11(8-13)9-14(18)16-10-12-5-1-2-7-15(12)19-16/h3-4,6,8,10H,1-2,5,7,9H2. The minimum Gasteiger partial charge on any atom is -0.293 e. The van der Waals surface area contributed by atoms with Crippen molar-refractivity contribution in [3.8, 4) is 0 Å². The first-order valence-corrected chi connectivity index (χ1v) is 7.43. The third kappa shape index (κ3) is 2.76. The summed E-state index contributed by atoms with van der Waals surface area (Å²) in [7, 11) is 0. The summed E-state index contributed by atoms with van der Waals surface area (Å²) in [6, 6.07) is 8.33. The first kappa shape index (κ1) is 12.5. The maximum absolute atomic E-state index is 13.1. The van der Waals surface area contributed by atoms with Gasteiger partial charge in [-0.05, 0) is 55.0 Å². The summed E-state index contributed by atoms with van der Waals surface area (Å²) in [4.78, 5) is 14.4. The zero-order valence-electron chi connectivity index (χ0n) is 10.6. The Morgan fingerprint density at radius 2 is 2.05 bits per heavy atom. The van der Waals surface area contributed by atoms with Crippen molar-refractivity contribution in [2.45, 2.75) is 32.1 Å². The van der Waals surface area contributed by atoms with Gasteiger partial charge in [-0.3, -0.25) is 4.79 Å². The van der Waals surface area contributed by atoms with Crippen LogP contribution in [0.4, 0.5) is 4.39 Å². The molecule has 19 heavy (non-hydrogen) atoms. The molecule has 0 fully saturated rings. The first-order valence-electron chi connectivity index (χ1n) is 6.61. The summed E-state index contributed by atoms with van der Waals surface area (Å²) in [5.74, 6) is -0.180. The van der Waals surface area contributed by atoms with Gasteiger partial charge in [0.15, 0.2) is 5.78 Å². The van der Waals surface area contributed by atoms with Crippen LogP contribution < -0.4 is 0 Å². The van der Waals surface area contributed by atoms with Crippen LogP contribution in [-0.4, -0.2) is 5.78 Å². The predicted octanol–water partition coefficient (Wildman–Crippen LogP) is 4.19. The highest BCUT2D eigenvalue weighted by Gasteiger charge is 2.17. The molecule has 1 aliphatic carbocycles. The highest BCUT2D eigenvalue weighted by atomic mass is 32.1. The lowest BCUT2D eigenvalue weighted by Crippen LogP contribution is -2.01. The minimum atomic E-state index is -0.282. The summed E-state index contributed by atoms with van der Waals surface area (Å²) in [6.07, 6.45) is 4.94. The third-order valence-electron chi connectivity index (χ3n) is 3.53. The highest BCUT2D eigenvalue weighted by molar-refractivity contribution is 7.14. The lowest BCUT2D eigenvalue weighted by molar-refractivity contribution is 0.0996. The second-order valence-electron chi connectivity index (χ2n) is 5.00. The van der Waals surface area contributed by atoms with Crippen LogP contribution >= 0.6 is 11.3 Å². The highest BCUT2D eigenvalue weighted by Crippen LogP contribution is 2.30. The van der Waals surface area contributed by atoms with E-state index in [0.29, 0.717) is 0 Å². The van der Waals surface area contributed by atoms with Gasteiger partial charge in [-0.25, -0.2) is 4.39 Å². The number of fused-ring (bicyclic) bond motifs is 1. The van der Waals surface area contributed by atoms with Gasteiger partial charge in [-0.1, -0.05) is 12.1 Å². The molecular formula is C16H15FOS. The van der Waals surface area contributed by atoms with E-state index >= 15 is 0 Å². The molecule has 0 atom stereocenters. The Bertz CT molecular complexity index is 591. The number of hydrogen-bond acceptors (Lipinski definition) is 2. The van der Waals surface area contributed by atoms with E-state index in [0.717, 1.165) is 23.3 Å². The minimum absolute atomic E-state index is 0.102. The fraction of sp³-hybridized carbons (Fsp3) is 0.312. The maximum Gasteiger partial charge on any atom is 0.177 e. The number of hydrogen-bond donors (Lipinski definition) is 0. The average Bonchev–Trinajstić information content (AvgIpc) is 2.82. The molecule has 98 valence electrons. The number of aryl methyl sites for hydroxylation is 2.